The van der Waals surface area contributed by atoms with Crippen LogP contribution in [0.4, 0.5) is 0 Å². The molecule has 0 saturated heterocycles. The SMILES string of the molecule is COCCOCC(=O)NC1(c2ccccc2)CCCC1. The quantitative estimate of drug-likeness (QED) is 0.778. The van der Waals surface area contributed by atoms with Crippen LogP contribution in [0.1, 0.15) is 31.2 Å². The van der Waals surface area contributed by atoms with E-state index in [1.165, 1.54) is 5.56 Å². The Labute approximate surface area is 120 Å². The number of nitrogens with one attached hydrogen (secondary N) is 1. The Morgan fingerprint density at radius 3 is 2.55 bits per heavy atom. The second-order valence-corrected chi connectivity index (χ2v) is 5.25. The van der Waals surface area contributed by atoms with Gasteiger partial charge in [0.2, 0.25) is 5.91 Å². The highest BCUT2D eigenvalue weighted by atomic mass is 16.5. The van der Waals surface area contributed by atoms with Crippen molar-refractivity contribution < 1.29 is 14.3 Å². The zero-order chi connectivity index (χ0) is 14.3. The molecule has 20 heavy (non-hydrogen) atoms. The predicted molar refractivity (Wildman–Crippen MR) is 77.4 cm³/mol. The van der Waals surface area contributed by atoms with Gasteiger partial charge in [-0.05, 0) is 18.4 Å². The molecule has 1 saturated carbocycles. The number of carbonyl (C=O) groups is 1. The van der Waals surface area contributed by atoms with E-state index in [9.17, 15) is 4.79 Å². The van der Waals surface area contributed by atoms with Crippen LogP contribution in [0, 0.1) is 0 Å². The summed E-state index contributed by atoms with van der Waals surface area (Å²) in [6.07, 6.45) is 4.31. The summed E-state index contributed by atoms with van der Waals surface area (Å²) >= 11 is 0. The molecule has 0 atom stereocenters. The lowest BCUT2D eigenvalue weighted by Gasteiger charge is -2.31. The van der Waals surface area contributed by atoms with Crippen LogP contribution >= 0.6 is 0 Å². The number of rotatable bonds is 7. The average molecular weight is 277 g/mol. The van der Waals surface area contributed by atoms with Gasteiger partial charge in [0.15, 0.2) is 0 Å². The molecule has 2 rings (SSSR count). The Bertz CT molecular complexity index is 413. The first kappa shape index (κ1) is 15.0. The molecule has 110 valence electrons. The van der Waals surface area contributed by atoms with Crippen molar-refractivity contribution in [3.63, 3.8) is 0 Å². The summed E-state index contributed by atoms with van der Waals surface area (Å²) in [4.78, 5) is 12.1. The maximum absolute atomic E-state index is 12.1. The third-order valence-corrected chi connectivity index (χ3v) is 3.83. The second kappa shape index (κ2) is 7.41. The Kier molecular flexibility index (Phi) is 5.56. The molecule has 1 aliphatic rings. The second-order valence-electron chi connectivity index (χ2n) is 5.25. The molecule has 1 fully saturated rings. The van der Waals surface area contributed by atoms with E-state index >= 15 is 0 Å². The van der Waals surface area contributed by atoms with Gasteiger partial charge in [-0.3, -0.25) is 4.79 Å². The third-order valence-electron chi connectivity index (χ3n) is 3.83. The minimum Gasteiger partial charge on any atom is -0.382 e. The van der Waals surface area contributed by atoms with Crippen molar-refractivity contribution in [2.24, 2.45) is 0 Å². The fourth-order valence-electron chi connectivity index (χ4n) is 2.83. The smallest absolute Gasteiger partial charge is 0.246 e. The van der Waals surface area contributed by atoms with Crippen molar-refractivity contribution in [2.75, 3.05) is 26.9 Å². The molecule has 1 N–H and O–H groups in total. The lowest BCUT2D eigenvalue weighted by Crippen LogP contribution is -2.45. The number of methoxy groups -OCH3 is 1. The summed E-state index contributed by atoms with van der Waals surface area (Å²) in [6, 6.07) is 10.2. The molecule has 0 aromatic heterocycles. The largest absolute Gasteiger partial charge is 0.382 e. The highest BCUT2D eigenvalue weighted by Gasteiger charge is 2.36. The fourth-order valence-corrected chi connectivity index (χ4v) is 2.83. The minimum atomic E-state index is -0.205. The van der Waals surface area contributed by atoms with E-state index in [4.69, 9.17) is 9.47 Å². The molecule has 0 heterocycles. The van der Waals surface area contributed by atoms with Crippen molar-refractivity contribution >= 4 is 5.91 Å². The van der Waals surface area contributed by atoms with Crippen molar-refractivity contribution in [1.82, 2.24) is 5.32 Å². The number of carbonyl (C=O) groups excluding carboxylic acids is 1. The Hall–Kier alpha value is -1.39. The third kappa shape index (κ3) is 3.81. The standard InChI is InChI=1S/C16H23NO3/c1-19-11-12-20-13-15(18)17-16(9-5-6-10-16)14-7-3-2-4-8-14/h2-4,7-8H,5-6,9-13H2,1H3,(H,17,18). The zero-order valence-corrected chi connectivity index (χ0v) is 12.1. The lowest BCUT2D eigenvalue weighted by atomic mass is 9.88. The summed E-state index contributed by atoms with van der Waals surface area (Å²) < 4.78 is 10.2. The first-order valence-electron chi connectivity index (χ1n) is 7.20. The average Bonchev–Trinajstić information content (AvgIpc) is 2.94. The van der Waals surface area contributed by atoms with Crippen LogP contribution in [0.3, 0.4) is 0 Å². The summed E-state index contributed by atoms with van der Waals surface area (Å²) in [5.74, 6) is -0.0492. The normalized spacial score (nSPS) is 17.1. The maximum Gasteiger partial charge on any atom is 0.246 e. The Balaban J connectivity index is 1.94. The number of benzene rings is 1. The van der Waals surface area contributed by atoms with Crippen LogP contribution in [0.25, 0.3) is 0 Å². The molecule has 4 nitrogen and oxygen atoms in total. The van der Waals surface area contributed by atoms with E-state index in [1.54, 1.807) is 7.11 Å². The maximum atomic E-state index is 12.1. The van der Waals surface area contributed by atoms with E-state index in [2.05, 4.69) is 17.4 Å². The van der Waals surface area contributed by atoms with Gasteiger partial charge in [-0.25, -0.2) is 0 Å². The summed E-state index contributed by atoms with van der Waals surface area (Å²) in [5, 5.41) is 3.18. The topological polar surface area (TPSA) is 47.6 Å². The molecule has 0 unspecified atom stereocenters. The molecule has 0 spiro atoms. The van der Waals surface area contributed by atoms with Gasteiger partial charge >= 0.3 is 0 Å². The molecule has 1 aliphatic carbocycles. The van der Waals surface area contributed by atoms with E-state index in [-0.39, 0.29) is 18.1 Å². The molecule has 0 aliphatic heterocycles. The van der Waals surface area contributed by atoms with Crippen LogP contribution in [0.15, 0.2) is 30.3 Å². The number of hydrogen-bond acceptors (Lipinski definition) is 3. The van der Waals surface area contributed by atoms with E-state index in [1.807, 2.05) is 18.2 Å². The molecule has 0 radical (unpaired) electrons. The summed E-state index contributed by atoms with van der Waals surface area (Å²) in [7, 11) is 1.62. The van der Waals surface area contributed by atoms with Gasteiger partial charge in [0, 0.05) is 7.11 Å². The zero-order valence-electron chi connectivity index (χ0n) is 12.1. The van der Waals surface area contributed by atoms with Crippen LogP contribution in [0.2, 0.25) is 0 Å². The van der Waals surface area contributed by atoms with Crippen LogP contribution in [-0.4, -0.2) is 32.8 Å². The van der Waals surface area contributed by atoms with Crippen molar-refractivity contribution in [3.8, 4) is 0 Å². The molecular formula is C16H23NO3. The molecule has 4 heteroatoms. The molecule has 1 aromatic carbocycles. The highest BCUT2D eigenvalue weighted by molar-refractivity contribution is 5.78. The van der Waals surface area contributed by atoms with Crippen molar-refractivity contribution in [2.45, 2.75) is 31.2 Å². The van der Waals surface area contributed by atoms with Gasteiger partial charge < -0.3 is 14.8 Å². The predicted octanol–water partition coefficient (Wildman–Crippen LogP) is 2.24. The Morgan fingerprint density at radius 2 is 1.90 bits per heavy atom. The number of amides is 1. The van der Waals surface area contributed by atoms with Gasteiger partial charge in [-0.15, -0.1) is 0 Å². The molecular weight excluding hydrogens is 254 g/mol. The van der Waals surface area contributed by atoms with Crippen molar-refractivity contribution in [1.29, 1.82) is 0 Å². The van der Waals surface area contributed by atoms with E-state index < -0.39 is 0 Å². The van der Waals surface area contributed by atoms with Crippen LogP contribution in [-0.2, 0) is 19.8 Å². The minimum absolute atomic E-state index is 0.0492. The van der Waals surface area contributed by atoms with E-state index in [0.29, 0.717) is 13.2 Å². The lowest BCUT2D eigenvalue weighted by molar-refractivity contribution is -0.128. The molecule has 1 aromatic rings. The fraction of sp³-hybridized carbons (Fsp3) is 0.562. The van der Waals surface area contributed by atoms with Gasteiger partial charge in [0.05, 0.1) is 18.8 Å². The summed E-state index contributed by atoms with van der Waals surface area (Å²) in [5.41, 5.74) is 0.992. The first-order chi connectivity index (χ1) is 9.77. The molecule has 1 amide bonds. The van der Waals surface area contributed by atoms with E-state index in [0.717, 1.165) is 25.7 Å². The number of hydrogen-bond donors (Lipinski definition) is 1. The highest BCUT2D eigenvalue weighted by Crippen LogP contribution is 2.38. The first-order valence-corrected chi connectivity index (χ1v) is 7.20. The van der Waals surface area contributed by atoms with Gasteiger partial charge in [0.1, 0.15) is 6.61 Å². The number of ether oxygens (including phenoxy) is 2. The molecule has 0 bridgehead atoms. The van der Waals surface area contributed by atoms with Crippen LogP contribution in [0.5, 0.6) is 0 Å². The van der Waals surface area contributed by atoms with Gasteiger partial charge in [-0.2, -0.15) is 0 Å². The van der Waals surface area contributed by atoms with Crippen LogP contribution < -0.4 is 5.32 Å². The summed E-state index contributed by atoms with van der Waals surface area (Å²) in [6.45, 7) is 1.05. The monoisotopic (exact) mass is 277 g/mol. The van der Waals surface area contributed by atoms with Gasteiger partial charge in [0.25, 0.3) is 0 Å². The Morgan fingerprint density at radius 1 is 1.20 bits per heavy atom. The van der Waals surface area contributed by atoms with Gasteiger partial charge in [-0.1, -0.05) is 43.2 Å². The van der Waals surface area contributed by atoms with Crippen molar-refractivity contribution in [3.05, 3.63) is 35.9 Å².